The van der Waals surface area contributed by atoms with Gasteiger partial charge in [-0.1, -0.05) is 17.8 Å². The van der Waals surface area contributed by atoms with Crippen LogP contribution < -0.4 is 4.74 Å². The zero-order valence-corrected chi connectivity index (χ0v) is 20.8. The largest absolute Gasteiger partial charge is 0.490 e. The Kier molecular flexibility index (Phi) is 9.33. The minimum Gasteiger partial charge on any atom is -0.490 e. The average Bonchev–Trinajstić information content (AvgIpc) is 3.31. The Hall–Kier alpha value is -3.76. The lowest BCUT2D eigenvalue weighted by molar-refractivity contribution is 0.182. The summed E-state index contributed by atoms with van der Waals surface area (Å²) in [6, 6.07) is 13.0. The first-order valence-corrected chi connectivity index (χ1v) is 11.8. The molecule has 0 spiro atoms. The maximum absolute atomic E-state index is 12.0. The molecule has 0 aliphatic carbocycles. The topological polar surface area (TPSA) is 108 Å². The van der Waals surface area contributed by atoms with E-state index >= 15 is 0 Å². The van der Waals surface area contributed by atoms with E-state index in [9.17, 15) is 4.79 Å². The number of aliphatic imine (C=N–C) groups is 2. The number of hydrogen-bond acceptors (Lipinski definition) is 9. The van der Waals surface area contributed by atoms with Crippen LogP contribution in [0.25, 0.3) is 11.4 Å². The molecule has 0 fully saturated rings. The SMILES string of the molecule is C=CCOc1cc(COC)cc(C(=N/c2ccc(-c3noc(C)n3)cc2)/C(=N/C(=O)OC)SC)c1. The molecule has 0 aliphatic rings. The first kappa shape index (κ1) is 25.9. The van der Waals surface area contributed by atoms with Crippen molar-refractivity contribution in [2.75, 3.05) is 27.1 Å². The second kappa shape index (κ2) is 12.6. The Labute approximate surface area is 207 Å². The molecule has 10 heteroatoms. The normalized spacial score (nSPS) is 11.9. The van der Waals surface area contributed by atoms with Gasteiger partial charge in [0.05, 0.1) is 19.4 Å². The van der Waals surface area contributed by atoms with Crippen LogP contribution in [0.15, 0.2) is 69.6 Å². The van der Waals surface area contributed by atoms with Gasteiger partial charge in [0.1, 0.15) is 23.1 Å². The number of benzene rings is 2. The molecule has 1 amide bonds. The number of thioether (sulfide) groups is 1. The molecular weight excluding hydrogens is 468 g/mol. The molecule has 0 aliphatic heterocycles. The van der Waals surface area contributed by atoms with Gasteiger partial charge in [0.25, 0.3) is 0 Å². The molecule has 1 heterocycles. The van der Waals surface area contributed by atoms with Crippen LogP contribution in [0.5, 0.6) is 5.75 Å². The van der Waals surface area contributed by atoms with Gasteiger partial charge in [-0.15, -0.1) is 11.8 Å². The lowest BCUT2D eigenvalue weighted by Gasteiger charge is -2.13. The molecule has 0 bridgehead atoms. The Bertz CT molecular complexity index is 1230. The van der Waals surface area contributed by atoms with Gasteiger partial charge in [0, 0.05) is 25.2 Å². The number of rotatable bonds is 9. The van der Waals surface area contributed by atoms with E-state index in [-0.39, 0.29) is 0 Å². The molecular formula is C25H26N4O5S. The zero-order chi connectivity index (χ0) is 25.2. The first-order chi connectivity index (χ1) is 17.0. The quantitative estimate of drug-likeness (QED) is 0.221. The van der Waals surface area contributed by atoms with Gasteiger partial charge in [0.2, 0.25) is 11.7 Å². The monoisotopic (exact) mass is 494 g/mol. The van der Waals surface area contributed by atoms with Crippen molar-refractivity contribution in [2.24, 2.45) is 9.98 Å². The predicted octanol–water partition coefficient (Wildman–Crippen LogP) is 5.40. The summed E-state index contributed by atoms with van der Waals surface area (Å²) < 4.78 is 20.9. The zero-order valence-electron chi connectivity index (χ0n) is 20.0. The van der Waals surface area contributed by atoms with E-state index in [1.54, 1.807) is 20.1 Å². The van der Waals surface area contributed by atoms with Gasteiger partial charge in [-0.3, -0.25) is 0 Å². The van der Waals surface area contributed by atoms with Gasteiger partial charge in [-0.25, -0.2) is 9.79 Å². The maximum atomic E-state index is 12.0. The van der Waals surface area contributed by atoms with Gasteiger partial charge in [-0.2, -0.15) is 9.98 Å². The van der Waals surface area contributed by atoms with E-state index in [4.69, 9.17) is 23.7 Å². The highest BCUT2D eigenvalue weighted by Crippen LogP contribution is 2.25. The van der Waals surface area contributed by atoms with Crippen LogP contribution in [0.3, 0.4) is 0 Å². The molecule has 3 aromatic rings. The van der Waals surface area contributed by atoms with Crippen LogP contribution >= 0.6 is 11.8 Å². The van der Waals surface area contributed by atoms with Gasteiger partial charge < -0.3 is 18.7 Å². The number of methoxy groups -OCH3 is 2. The Balaban J connectivity index is 2.11. The fourth-order valence-corrected chi connectivity index (χ4v) is 3.60. The molecule has 182 valence electrons. The summed E-state index contributed by atoms with van der Waals surface area (Å²) in [6.07, 6.45) is 2.75. The summed E-state index contributed by atoms with van der Waals surface area (Å²) >= 11 is 1.28. The van der Waals surface area contributed by atoms with E-state index in [0.29, 0.717) is 52.7 Å². The lowest BCUT2D eigenvalue weighted by atomic mass is 10.1. The standard InChI is InChI=1S/C25H26N4O5S/c1-6-11-33-21-13-17(15-31-3)12-19(14-21)22(24(35-5)28-25(30)32-4)27-20-9-7-18(8-10-20)23-26-16(2)34-29-23/h6-10,12-14H,1,11,15H2,2-5H3/b27-22-,28-24-. The highest BCUT2D eigenvalue weighted by Gasteiger charge is 2.17. The fraction of sp³-hybridized carbons (Fsp3) is 0.240. The van der Waals surface area contributed by atoms with Crippen molar-refractivity contribution in [3.8, 4) is 17.1 Å². The van der Waals surface area contributed by atoms with Crippen molar-refractivity contribution < 1.29 is 23.5 Å². The second-order valence-electron chi connectivity index (χ2n) is 7.13. The van der Waals surface area contributed by atoms with Crippen LogP contribution in [-0.4, -0.2) is 54.1 Å². The number of carbonyl (C=O) groups excluding carboxylic acids is 1. The number of aryl methyl sites for hydroxylation is 1. The maximum Gasteiger partial charge on any atom is 0.434 e. The van der Waals surface area contributed by atoms with E-state index in [1.165, 1.54) is 18.9 Å². The van der Waals surface area contributed by atoms with E-state index in [0.717, 1.165) is 11.1 Å². The van der Waals surface area contributed by atoms with Crippen molar-refractivity contribution in [1.82, 2.24) is 10.1 Å². The van der Waals surface area contributed by atoms with Crippen molar-refractivity contribution in [3.05, 3.63) is 72.1 Å². The van der Waals surface area contributed by atoms with Crippen molar-refractivity contribution in [3.63, 3.8) is 0 Å². The smallest absolute Gasteiger partial charge is 0.434 e. The van der Waals surface area contributed by atoms with Crippen LogP contribution in [-0.2, 0) is 16.1 Å². The van der Waals surface area contributed by atoms with E-state index in [2.05, 4.69) is 21.7 Å². The van der Waals surface area contributed by atoms with Crippen molar-refractivity contribution >= 4 is 34.3 Å². The summed E-state index contributed by atoms with van der Waals surface area (Å²) in [6.45, 7) is 6.14. The van der Waals surface area contributed by atoms with E-state index < -0.39 is 6.09 Å². The van der Waals surface area contributed by atoms with Crippen LogP contribution in [0.4, 0.5) is 10.5 Å². The number of nitrogens with zero attached hydrogens (tertiary/aromatic N) is 4. The lowest BCUT2D eigenvalue weighted by Crippen LogP contribution is -2.15. The average molecular weight is 495 g/mol. The molecule has 2 aromatic carbocycles. The molecule has 1 aromatic heterocycles. The number of aromatic nitrogens is 2. The molecule has 0 atom stereocenters. The second-order valence-corrected chi connectivity index (χ2v) is 7.93. The molecule has 0 saturated carbocycles. The first-order valence-electron chi connectivity index (χ1n) is 10.5. The Morgan fingerprint density at radius 1 is 1.20 bits per heavy atom. The minimum atomic E-state index is -0.721. The van der Waals surface area contributed by atoms with Gasteiger partial charge >= 0.3 is 6.09 Å². The third-order valence-corrected chi connectivity index (χ3v) is 5.25. The number of carbonyl (C=O) groups is 1. The number of hydrogen-bond donors (Lipinski definition) is 0. The third kappa shape index (κ3) is 7.11. The predicted molar refractivity (Wildman–Crippen MR) is 137 cm³/mol. The van der Waals surface area contributed by atoms with Crippen LogP contribution in [0, 0.1) is 6.92 Å². The summed E-state index contributed by atoms with van der Waals surface area (Å²) in [5.41, 5.74) is 3.48. The fourth-order valence-electron chi connectivity index (χ4n) is 3.08. The highest BCUT2D eigenvalue weighted by atomic mass is 32.2. The van der Waals surface area contributed by atoms with Gasteiger partial charge in [-0.05, 0) is 54.3 Å². The molecule has 3 rings (SSSR count). The van der Waals surface area contributed by atoms with E-state index in [1.807, 2.05) is 48.7 Å². The molecule has 0 saturated heterocycles. The minimum absolute atomic E-state index is 0.338. The molecule has 0 unspecified atom stereocenters. The summed E-state index contributed by atoms with van der Waals surface area (Å²) in [5.74, 6) is 1.59. The summed E-state index contributed by atoms with van der Waals surface area (Å²) in [5, 5.41) is 4.33. The van der Waals surface area contributed by atoms with Crippen LogP contribution in [0.2, 0.25) is 0 Å². The molecule has 0 N–H and O–H groups in total. The molecule has 35 heavy (non-hydrogen) atoms. The third-order valence-electron chi connectivity index (χ3n) is 4.58. The Morgan fingerprint density at radius 2 is 1.97 bits per heavy atom. The van der Waals surface area contributed by atoms with Crippen molar-refractivity contribution in [1.29, 1.82) is 0 Å². The summed E-state index contributed by atoms with van der Waals surface area (Å²) in [7, 11) is 2.89. The van der Waals surface area contributed by atoms with Crippen LogP contribution in [0.1, 0.15) is 17.0 Å². The van der Waals surface area contributed by atoms with Crippen molar-refractivity contribution in [2.45, 2.75) is 13.5 Å². The van der Waals surface area contributed by atoms with Gasteiger partial charge in [0.15, 0.2) is 0 Å². The number of amides is 1. The molecule has 0 radical (unpaired) electrons. The highest BCUT2D eigenvalue weighted by molar-refractivity contribution is 8.15. The number of ether oxygens (including phenoxy) is 3. The Morgan fingerprint density at radius 3 is 2.57 bits per heavy atom. The summed E-state index contributed by atoms with van der Waals surface area (Å²) in [4.78, 5) is 25.2. The molecule has 9 nitrogen and oxygen atoms in total.